The highest BCUT2D eigenvalue weighted by Crippen LogP contribution is 2.11. The molecule has 1 rings (SSSR count). The summed E-state index contributed by atoms with van der Waals surface area (Å²) in [6.07, 6.45) is 2.21. The molecule has 1 amide bonds. The number of benzene rings is 1. The van der Waals surface area contributed by atoms with Crippen LogP contribution in [-0.2, 0) is 6.42 Å². The van der Waals surface area contributed by atoms with Gasteiger partial charge in [0.05, 0.1) is 0 Å². The van der Waals surface area contributed by atoms with Crippen LogP contribution in [0.25, 0.3) is 0 Å². The minimum Gasteiger partial charge on any atom is -0.352 e. The Balaban J connectivity index is 2.67. The second kappa shape index (κ2) is 6.31. The average molecular weight is 219 g/mol. The van der Waals surface area contributed by atoms with Crippen LogP contribution in [-0.4, -0.2) is 12.5 Å². The van der Waals surface area contributed by atoms with Crippen LogP contribution in [0.3, 0.4) is 0 Å². The van der Waals surface area contributed by atoms with Gasteiger partial charge in [-0.3, -0.25) is 4.79 Å². The summed E-state index contributed by atoms with van der Waals surface area (Å²) in [6, 6.07) is 7.91. The van der Waals surface area contributed by atoms with E-state index in [1.54, 1.807) is 0 Å². The smallest absolute Gasteiger partial charge is 0.251 e. The summed E-state index contributed by atoms with van der Waals surface area (Å²) in [5, 5.41) is 2.81. The van der Waals surface area contributed by atoms with Crippen molar-refractivity contribution in [1.29, 1.82) is 0 Å². The molecule has 0 aromatic heterocycles. The third kappa shape index (κ3) is 4.05. The SMILES string of the molecule is CCNC(=O)c1cccc(CCC(C)C)c1. The molecule has 2 heteroatoms. The quantitative estimate of drug-likeness (QED) is 0.810. The van der Waals surface area contributed by atoms with Crippen molar-refractivity contribution >= 4 is 5.91 Å². The highest BCUT2D eigenvalue weighted by molar-refractivity contribution is 5.94. The van der Waals surface area contributed by atoms with Crippen LogP contribution in [0.1, 0.15) is 43.1 Å². The first-order valence-electron chi connectivity index (χ1n) is 6.00. The van der Waals surface area contributed by atoms with Gasteiger partial charge in [0.2, 0.25) is 0 Å². The van der Waals surface area contributed by atoms with E-state index in [0.717, 1.165) is 12.0 Å². The lowest BCUT2D eigenvalue weighted by molar-refractivity contribution is 0.0955. The molecular formula is C14H21NO. The van der Waals surface area contributed by atoms with Crippen molar-refractivity contribution in [2.24, 2.45) is 5.92 Å². The lowest BCUT2D eigenvalue weighted by Crippen LogP contribution is -2.22. The Kier molecular flexibility index (Phi) is 5.03. The largest absolute Gasteiger partial charge is 0.352 e. The maximum Gasteiger partial charge on any atom is 0.251 e. The fourth-order valence-corrected chi connectivity index (χ4v) is 1.59. The maximum absolute atomic E-state index is 11.6. The van der Waals surface area contributed by atoms with Gasteiger partial charge in [-0.05, 0) is 43.4 Å². The zero-order valence-electron chi connectivity index (χ0n) is 10.4. The van der Waals surface area contributed by atoms with Crippen LogP contribution in [0.4, 0.5) is 0 Å². The molecule has 16 heavy (non-hydrogen) atoms. The van der Waals surface area contributed by atoms with Gasteiger partial charge in [-0.2, -0.15) is 0 Å². The highest BCUT2D eigenvalue weighted by atomic mass is 16.1. The number of hydrogen-bond acceptors (Lipinski definition) is 1. The van der Waals surface area contributed by atoms with E-state index >= 15 is 0 Å². The summed E-state index contributed by atoms with van der Waals surface area (Å²) in [7, 11) is 0. The number of carbonyl (C=O) groups excluding carboxylic acids is 1. The van der Waals surface area contributed by atoms with Crippen LogP contribution >= 0.6 is 0 Å². The predicted molar refractivity (Wildman–Crippen MR) is 67.6 cm³/mol. The Bertz CT molecular complexity index is 344. The molecule has 0 aliphatic carbocycles. The van der Waals surface area contributed by atoms with E-state index in [1.165, 1.54) is 12.0 Å². The predicted octanol–water partition coefficient (Wildman–Crippen LogP) is 3.02. The molecule has 0 aliphatic rings. The lowest BCUT2D eigenvalue weighted by atomic mass is 10.0. The molecule has 0 heterocycles. The number of amides is 1. The zero-order valence-corrected chi connectivity index (χ0v) is 10.4. The van der Waals surface area contributed by atoms with E-state index < -0.39 is 0 Å². The Morgan fingerprint density at radius 2 is 2.12 bits per heavy atom. The molecule has 0 unspecified atom stereocenters. The Morgan fingerprint density at radius 3 is 2.75 bits per heavy atom. The second-order valence-corrected chi connectivity index (χ2v) is 4.49. The van der Waals surface area contributed by atoms with Crippen molar-refractivity contribution in [2.45, 2.75) is 33.6 Å². The molecule has 1 aromatic carbocycles. The first-order valence-corrected chi connectivity index (χ1v) is 6.00. The molecule has 1 aromatic rings. The van der Waals surface area contributed by atoms with Gasteiger partial charge in [0.15, 0.2) is 0 Å². The number of carbonyl (C=O) groups is 1. The molecule has 0 aliphatic heterocycles. The minimum atomic E-state index is 0.0221. The maximum atomic E-state index is 11.6. The molecular weight excluding hydrogens is 198 g/mol. The van der Waals surface area contributed by atoms with Crippen molar-refractivity contribution < 1.29 is 4.79 Å². The molecule has 1 N–H and O–H groups in total. The van der Waals surface area contributed by atoms with Gasteiger partial charge in [0.1, 0.15) is 0 Å². The molecule has 88 valence electrons. The molecule has 0 saturated carbocycles. The van der Waals surface area contributed by atoms with Gasteiger partial charge in [0.25, 0.3) is 5.91 Å². The van der Waals surface area contributed by atoms with E-state index in [2.05, 4.69) is 25.2 Å². The summed E-state index contributed by atoms with van der Waals surface area (Å²) >= 11 is 0. The summed E-state index contributed by atoms with van der Waals surface area (Å²) in [4.78, 5) is 11.6. The molecule has 0 bridgehead atoms. The Morgan fingerprint density at radius 1 is 1.38 bits per heavy atom. The van der Waals surface area contributed by atoms with Crippen LogP contribution in [0.5, 0.6) is 0 Å². The highest BCUT2D eigenvalue weighted by Gasteiger charge is 2.04. The lowest BCUT2D eigenvalue weighted by Gasteiger charge is -2.07. The molecule has 0 saturated heterocycles. The van der Waals surface area contributed by atoms with Crippen LogP contribution in [0.2, 0.25) is 0 Å². The molecule has 0 spiro atoms. The van der Waals surface area contributed by atoms with Crippen LogP contribution in [0, 0.1) is 5.92 Å². The van der Waals surface area contributed by atoms with Gasteiger partial charge in [-0.1, -0.05) is 26.0 Å². The average Bonchev–Trinajstić information content (AvgIpc) is 2.27. The molecule has 0 radical (unpaired) electrons. The van der Waals surface area contributed by atoms with Gasteiger partial charge >= 0.3 is 0 Å². The third-order valence-corrected chi connectivity index (χ3v) is 2.54. The van der Waals surface area contributed by atoms with Gasteiger partial charge < -0.3 is 5.32 Å². The molecule has 0 atom stereocenters. The summed E-state index contributed by atoms with van der Waals surface area (Å²) in [5.74, 6) is 0.724. The third-order valence-electron chi connectivity index (χ3n) is 2.54. The molecule has 2 nitrogen and oxygen atoms in total. The number of aryl methyl sites for hydroxylation is 1. The van der Waals surface area contributed by atoms with Crippen molar-refractivity contribution in [3.8, 4) is 0 Å². The normalized spacial score (nSPS) is 10.5. The molecule has 0 fully saturated rings. The summed E-state index contributed by atoms with van der Waals surface area (Å²) in [5.41, 5.74) is 2.01. The van der Waals surface area contributed by atoms with Crippen molar-refractivity contribution in [3.05, 3.63) is 35.4 Å². The Hall–Kier alpha value is -1.31. The van der Waals surface area contributed by atoms with Crippen molar-refractivity contribution in [1.82, 2.24) is 5.32 Å². The van der Waals surface area contributed by atoms with Crippen LogP contribution < -0.4 is 5.32 Å². The summed E-state index contributed by atoms with van der Waals surface area (Å²) < 4.78 is 0. The van der Waals surface area contributed by atoms with Gasteiger partial charge in [0, 0.05) is 12.1 Å². The van der Waals surface area contributed by atoms with Gasteiger partial charge in [-0.25, -0.2) is 0 Å². The first-order chi connectivity index (χ1) is 7.63. The van der Waals surface area contributed by atoms with E-state index in [4.69, 9.17) is 0 Å². The fraction of sp³-hybridized carbons (Fsp3) is 0.500. The fourth-order valence-electron chi connectivity index (χ4n) is 1.59. The number of hydrogen-bond donors (Lipinski definition) is 1. The van der Waals surface area contributed by atoms with Crippen LogP contribution in [0.15, 0.2) is 24.3 Å². The van der Waals surface area contributed by atoms with Gasteiger partial charge in [-0.15, -0.1) is 0 Å². The van der Waals surface area contributed by atoms with E-state index in [-0.39, 0.29) is 5.91 Å². The van der Waals surface area contributed by atoms with E-state index in [9.17, 15) is 4.79 Å². The van der Waals surface area contributed by atoms with E-state index in [0.29, 0.717) is 12.5 Å². The monoisotopic (exact) mass is 219 g/mol. The van der Waals surface area contributed by atoms with Crippen molar-refractivity contribution in [2.75, 3.05) is 6.54 Å². The topological polar surface area (TPSA) is 29.1 Å². The van der Waals surface area contributed by atoms with E-state index in [1.807, 2.05) is 25.1 Å². The van der Waals surface area contributed by atoms with Crippen molar-refractivity contribution in [3.63, 3.8) is 0 Å². The second-order valence-electron chi connectivity index (χ2n) is 4.49. The zero-order chi connectivity index (χ0) is 12.0. The Labute approximate surface area is 98.1 Å². The minimum absolute atomic E-state index is 0.0221. The number of rotatable bonds is 5. The summed E-state index contributed by atoms with van der Waals surface area (Å²) in [6.45, 7) is 7.04. The standard InChI is InChI=1S/C14H21NO/c1-4-15-14(16)13-7-5-6-12(10-13)9-8-11(2)3/h5-7,10-11H,4,8-9H2,1-3H3,(H,15,16). The first kappa shape index (κ1) is 12.8. The number of nitrogens with one attached hydrogen (secondary N) is 1.